The van der Waals surface area contributed by atoms with Crippen LogP contribution in [0.5, 0.6) is 0 Å². The third-order valence-electron chi connectivity index (χ3n) is 2.88. The van der Waals surface area contributed by atoms with Crippen molar-refractivity contribution in [1.29, 1.82) is 0 Å². The monoisotopic (exact) mass is 315 g/mol. The van der Waals surface area contributed by atoms with E-state index in [0.717, 1.165) is 27.5 Å². The minimum Gasteiger partial charge on any atom is -0.349 e. The van der Waals surface area contributed by atoms with E-state index in [-0.39, 0.29) is 5.91 Å². The molecule has 1 aromatic carbocycles. The minimum atomic E-state index is 0.0794. The summed E-state index contributed by atoms with van der Waals surface area (Å²) in [5.74, 6) is 0.0794. The van der Waals surface area contributed by atoms with Crippen molar-refractivity contribution in [2.75, 3.05) is 0 Å². The van der Waals surface area contributed by atoms with Crippen LogP contribution in [0, 0.1) is 10.5 Å². The number of rotatable bonds is 2. The van der Waals surface area contributed by atoms with Gasteiger partial charge in [0, 0.05) is 15.2 Å². The van der Waals surface area contributed by atoms with E-state index < -0.39 is 0 Å². The second kappa shape index (κ2) is 4.51. The second-order valence-electron chi connectivity index (χ2n) is 4.06. The number of aryl methyl sites for hydroxylation is 1. The van der Waals surface area contributed by atoms with Crippen molar-refractivity contribution in [3.63, 3.8) is 0 Å². The molecule has 1 aromatic rings. The summed E-state index contributed by atoms with van der Waals surface area (Å²) in [5, 5.41) is 3.06. The summed E-state index contributed by atoms with van der Waals surface area (Å²) < 4.78 is 1.11. The van der Waals surface area contributed by atoms with Crippen molar-refractivity contribution >= 4 is 28.5 Å². The van der Waals surface area contributed by atoms with Crippen LogP contribution in [0.4, 0.5) is 0 Å². The molecule has 2 rings (SSSR count). The second-order valence-corrected chi connectivity index (χ2v) is 5.31. The summed E-state index contributed by atoms with van der Waals surface area (Å²) >= 11 is 2.23. The maximum absolute atomic E-state index is 11.9. The summed E-state index contributed by atoms with van der Waals surface area (Å²) in [6.45, 7) is 1.98. The van der Waals surface area contributed by atoms with Gasteiger partial charge in [0.25, 0.3) is 5.91 Å². The molecule has 1 aliphatic rings. The third-order valence-corrected chi connectivity index (χ3v) is 3.56. The molecule has 2 nitrogen and oxygen atoms in total. The topological polar surface area (TPSA) is 29.1 Å². The number of hydrogen-bond donors (Lipinski definition) is 1. The Bertz CT molecular complexity index is 385. The van der Waals surface area contributed by atoms with E-state index in [1.165, 1.54) is 6.42 Å². The molecule has 1 saturated carbocycles. The Hall–Kier alpha value is -0.580. The molecule has 1 aliphatic carbocycles. The summed E-state index contributed by atoms with van der Waals surface area (Å²) in [7, 11) is 0. The highest BCUT2D eigenvalue weighted by molar-refractivity contribution is 14.1. The minimum absolute atomic E-state index is 0.0794. The Balaban J connectivity index is 2.12. The lowest BCUT2D eigenvalue weighted by atomic mass is 9.93. The van der Waals surface area contributed by atoms with Gasteiger partial charge >= 0.3 is 0 Å². The number of hydrogen-bond acceptors (Lipinski definition) is 1. The Labute approximate surface area is 104 Å². The molecule has 1 fully saturated rings. The molecule has 0 aromatic heterocycles. The molecule has 0 bridgehead atoms. The molecule has 0 unspecified atom stereocenters. The average molecular weight is 315 g/mol. The van der Waals surface area contributed by atoms with E-state index >= 15 is 0 Å². The summed E-state index contributed by atoms with van der Waals surface area (Å²) in [5.41, 5.74) is 1.86. The molecule has 0 atom stereocenters. The summed E-state index contributed by atoms with van der Waals surface area (Å²) in [4.78, 5) is 11.9. The van der Waals surface area contributed by atoms with Gasteiger partial charge in [0.05, 0.1) is 0 Å². The van der Waals surface area contributed by atoms with Crippen LogP contribution in [0.2, 0.25) is 0 Å². The van der Waals surface area contributed by atoms with Gasteiger partial charge in [-0.3, -0.25) is 4.79 Å². The smallest absolute Gasteiger partial charge is 0.251 e. The fraction of sp³-hybridized carbons (Fsp3) is 0.417. The van der Waals surface area contributed by atoms with Crippen molar-refractivity contribution in [3.8, 4) is 0 Å². The highest BCUT2D eigenvalue weighted by Crippen LogP contribution is 2.19. The van der Waals surface area contributed by atoms with Gasteiger partial charge in [0.15, 0.2) is 0 Å². The van der Waals surface area contributed by atoms with Crippen molar-refractivity contribution in [3.05, 3.63) is 32.9 Å². The third kappa shape index (κ3) is 2.51. The number of amides is 1. The van der Waals surface area contributed by atoms with Crippen LogP contribution in [-0.2, 0) is 0 Å². The first-order chi connectivity index (χ1) is 7.16. The van der Waals surface area contributed by atoms with Crippen molar-refractivity contribution in [1.82, 2.24) is 5.32 Å². The lowest BCUT2D eigenvalue weighted by Gasteiger charge is -2.26. The number of nitrogens with one attached hydrogen (secondary N) is 1. The summed E-state index contributed by atoms with van der Waals surface area (Å²) in [6, 6.07) is 6.38. The van der Waals surface area contributed by atoms with E-state index in [2.05, 4.69) is 27.9 Å². The number of halogens is 1. The zero-order chi connectivity index (χ0) is 10.8. The van der Waals surface area contributed by atoms with Crippen molar-refractivity contribution < 1.29 is 4.79 Å². The van der Waals surface area contributed by atoms with Gasteiger partial charge in [-0.05, 0) is 66.5 Å². The van der Waals surface area contributed by atoms with Crippen LogP contribution in [0.1, 0.15) is 35.2 Å². The molecule has 0 aliphatic heterocycles. The maximum atomic E-state index is 11.9. The zero-order valence-electron chi connectivity index (χ0n) is 8.72. The highest BCUT2D eigenvalue weighted by Gasteiger charge is 2.20. The molecule has 0 heterocycles. The quantitative estimate of drug-likeness (QED) is 0.836. The van der Waals surface area contributed by atoms with Crippen molar-refractivity contribution in [2.24, 2.45) is 0 Å². The molecule has 1 amide bonds. The fourth-order valence-corrected chi connectivity index (χ4v) is 2.15. The van der Waals surface area contributed by atoms with Crippen LogP contribution in [0.3, 0.4) is 0 Å². The molecule has 0 radical (unpaired) electrons. The van der Waals surface area contributed by atoms with Crippen LogP contribution in [0.25, 0.3) is 0 Å². The largest absolute Gasteiger partial charge is 0.349 e. The Morgan fingerprint density at radius 1 is 1.47 bits per heavy atom. The van der Waals surface area contributed by atoms with Crippen LogP contribution in [0.15, 0.2) is 18.2 Å². The van der Waals surface area contributed by atoms with Gasteiger partial charge in [0.2, 0.25) is 0 Å². The van der Waals surface area contributed by atoms with Gasteiger partial charge < -0.3 is 5.32 Å². The number of carbonyl (C=O) groups excluding carboxylic acids is 1. The van der Waals surface area contributed by atoms with Gasteiger partial charge in [-0.2, -0.15) is 0 Å². The zero-order valence-corrected chi connectivity index (χ0v) is 10.9. The Kier molecular flexibility index (Phi) is 3.29. The molecular formula is C12H14INO. The van der Waals surface area contributed by atoms with Gasteiger partial charge in [-0.1, -0.05) is 6.07 Å². The highest BCUT2D eigenvalue weighted by atomic mass is 127. The lowest BCUT2D eigenvalue weighted by molar-refractivity contribution is 0.0916. The van der Waals surface area contributed by atoms with Crippen LogP contribution in [-0.4, -0.2) is 11.9 Å². The predicted molar refractivity (Wildman–Crippen MR) is 69.0 cm³/mol. The number of benzene rings is 1. The number of carbonyl (C=O) groups is 1. The average Bonchev–Trinajstić information content (AvgIpc) is 2.15. The van der Waals surface area contributed by atoms with E-state index in [1.54, 1.807) is 0 Å². The normalized spacial score (nSPS) is 15.9. The van der Waals surface area contributed by atoms with Gasteiger partial charge in [-0.15, -0.1) is 0 Å². The molecular weight excluding hydrogens is 301 g/mol. The molecule has 1 N–H and O–H groups in total. The van der Waals surface area contributed by atoms with E-state index in [9.17, 15) is 4.79 Å². The summed E-state index contributed by atoms with van der Waals surface area (Å²) in [6.07, 6.45) is 3.51. The first-order valence-corrected chi connectivity index (χ1v) is 6.32. The lowest BCUT2D eigenvalue weighted by Crippen LogP contribution is -2.39. The maximum Gasteiger partial charge on any atom is 0.251 e. The first-order valence-electron chi connectivity index (χ1n) is 5.24. The molecule has 15 heavy (non-hydrogen) atoms. The van der Waals surface area contributed by atoms with E-state index in [4.69, 9.17) is 0 Å². The van der Waals surface area contributed by atoms with E-state index in [1.807, 2.05) is 25.1 Å². The molecule has 3 heteroatoms. The van der Waals surface area contributed by atoms with Gasteiger partial charge in [-0.25, -0.2) is 0 Å². The molecule has 0 saturated heterocycles. The van der Waals surface area contributed by atoms with Crippen molar-refractivity contribution in [2.45, 2.75) is 32.2 Å². The Morgan fingerprint density at radius 2 is 2.20 bits per heavy atom. The fourth-order valence-electron chi connectivity index (χ4n) is 1.65. The standard InChI is InChI=1S/C12H14INO/c1-8-5-6-9(13)7-11(8)12(15)14-10-3-2-4-10/h5-7,10H,2-4H2,1H3,(H,14,15). The van der Waals surface area contributed by atoms with Crippen LogP contribution >= 0.6 is 22.6 Å². The molecule has 0 spiro atoms. The molecule has 80 valence electrons. The predicted octanol–water partition coefficient (Wildman–Crippen LogP) is 2.88. The van der Waals surface area contributed by atoms with Gasteiger partial charge in [0.1, 0.15) is 0 Å². The first kappa shape index (κ1) is 10.9. The van der Waals surface area contributed by atoms with Crippen LogP contribution < -0.4 is 5.32 Å². The van der Waals surface area contributed by atoms with E-state index in [0.29, 0.717) is 6.04 Å². The Morgan fingerprint density at radius 3 is 2.80 bits per heavy atom. The SMILES string of the molecule is Cc1ccc(I)cc1C(=O)NC1CCC1.